The quantitative estimate of drug-likeness (QED) is 0.790. The summed E-state index contributed by atoms with van der Waals surface area (Å²) in [7, 11) is 0. The Morgan fingerprint density at radius 1 is 1.31 bits per heavy atom. The Balaban J connectivity index is 2.49. The molecule has 1 aromatic carbocycles. The smallest absolute Gasteiger partial charge is 0.229 e. The summed E-state index contributed by atoms with van der Waals surface area (Å²) in [4.78, 5) is 26.2. The highest BCUT2D eigenvalue weighted by atomic mass is 16.2. The summed E-state index contributed by atoms with van der Waals surface area (Å²) in [5.74, 6) is -0.222. The molecule has 0 unspecified atom stereocenters. The fourth-order valence-corrected chi connectivity index (χ4v) is 1.54. The zero-order valence-electron chi connectivity index (χ0n) is 9.02. The van der Waals surface area contributed by atoms with Gasteiger partial charge in [0.15, 0.2) is 0 Å². The van der Waals surface area contributed by atoms with E-state index in [4.69, 9.17) is 0 Å². The minimum absolute atomic E-state index is 0.0882. The summed E-state index contributed by atoms with van der Waals surface area (Å²) in [5, 5.41) is 2.66. The second-order valence-electron chi connectivity index (χ2n) is 3.52. The third-order valence-corrected chi connectivity index (χ3v) is 2.21. The van der Waals surface area contributed by atoms with Gasteiger partial charge in [-0.25, -0.2) is 4.98 Å². The average molecular weight is 217 g/mol. The molecule has 2 rings (SSSR count). The number of fused-ring (bicyclic) bond motifs is 1. The van der Waals surface area contributed by atoms with Crippen molar-refractivity contribution >= 4 is 28.5 Å². The zero-order chi connectivity index (χ0) is 11.7. The van der Waals surface area contributed by atoms with Gasteiger partial charge >= 0.3 is 0 Å². The van der Waals surface area contributed by atoms with Crippen LogP contribution in [0.2, 0.25) is 0 Å². The molecular formula is C11H11N3O2. The first kappa shape index (κ1) is 10.4. The number of carbonyl (C=O) groups is 2. The highest BCUT2D eigenvalue weighted by Gasteiger charge is 2.06. The molecule has 82 valence electrons. The van der Waals surface area contributed by atoms with Crippen LogP contribution in [0, 0.1) is 0 Å². The summed E-state index contributed by atoms with van der Waals surface area (Å²) in [5.41, 5.74) is 2.09. The summed E-state index contributed by atoms with van der Waals surface area (Å²) >= 11 is 0. The molecule has 0 aliphatic heterocycles. The number of rotatable bonds is 1. The fourth-order valence-electron chi connectivity index (χ4n) is 1.54. The van der Waals surface area contributed by atoms with Gasteiger partial charge in [-0.15, -0.1) is 0 Å². The largest absolute Gasteiger partial charge is 0.326 e. The van der Waals surface area contributed by atoms with Gasteiger partial charge in [0.25, 0.3) is 0 Å². The molecule has 2 aromatic rings. The number of benzene rings is 1. The predicted molar refractivity (Wildman–Crippen MR) is 60.3 cm³/mol. The van der Waals surface area contributed by atoms with Gasteiger partial charge in [-0.2, -0.15) is 0 Å². The van der Waals surface area contributed by atoms with Crippen LogP contribution in [-0.4, -0.2) is 21.4 Å². The summed E-state index contributed by atoms with van der Waals surface area (Å²) < 4.78 is 1.47. The van der Waals surface area contributed by atoms with Crippen LogP contribution in [0.3, 0.4) is 0 Å². The first-order valence-electron chi connectivity index (χ1n) is 4.83. The molecule has 0 radical (unpaired) electrons. The third kappa shape index (κ3) is 1.79. The van der Waals surface area contributed by atoms with Crippen LogP contribution in [0.5, 0.6) is 0 Å². The number of amides is 1. The number of aromatic nitrogens is 2. The standard InChI is InChI=1S/C11H11N3O2/c1-7(15)13-9-3-4-11-10(5-9)12-6-14(11)8(2)16/h3-6H,1-2H3,(H,13,15). The number of nitrogens with zero attached hydrogens (tertiary/aromatic N) is 2. The average Bonchev–Trinajstić information content (AvgIpc) is 2.59. The van der Waals surface area contributed by atoms with Crippen molar-refractivity contribution in [3.63, 3.8) is 0 Å². The predicted octanol–water partition coefficient (Wildman–Crippen LogP) is 1.65. The maximum absolute atomic E-state index is 11.2. The molecular weight excluding hydrogens is 206 g/mol. The first-order valence-corrected chi connectivity index (χ1v) is 4.83. The van der Waals surface area contributed by atoms with E-state index >= 15 is 0 Å². The van der Waals surface area contributed by atoms with Gasteiger partial charge in [-0.1, -0.05) is 0 Å². The van der Waals surface area contributed by atoms with Crippen LogP contribution in [-0.2, 0) is 4.79 Å². The van der Waals surface area contributed by atoms with Crippen LogP contribution in [0.4, 0.5) is 5.69 Å². The summed E-state index contributed by atoms with van der Waals surface area (Å²) in [6, 6.07) is 5.23. The fraction of sp³-hybridized carbons (Fsp3) is 0.182. The minimum Gasteiger partial charge on any atom is -0.326 e. The Bertz CT molecular complexity index is 572. The first-order chi connectivity index (χ1) is 7.58. The lowest BCUT2D eigenvalue weighted by molar-refractivity contribution is -0.114. The van der Waals surface area contributed by atoms with Crippen LogP contribution in [0.25, 0.3) is 11.0 Å². The molecule has 0 aliphatic carbocycles. The van der Waals surface area contributed by atoms with Gasteiger partial charge in [-0.3, -0.25) is 14.2 Å². The van der Waals surface area contributed by atoms with E-state index in [1.807, 2.05) is 0 Å². The molecule has 1 N–H and O–H groups in total. The molecule has 0 saturated heterocycles. The lowest BCUT2D eigenvalue weighted by Crippen LogP contribution is -2.06. The van der Waals surface area contributed by atoms with Gasteiger partial charge in [0.1, 0.15) is 6.33 Å². The molecule has 0 spiro atoms. The number of anilines is 1. The van der Waals surface area contributed by atoms with Gasteiger partial charge in [0, 0.05) is 19.5 Å². The molecule has 16 heavy (non-hydrogen) atoms. The van der Waals surface area contributed by atoms with E-state index in [0.29, 0.717) is 11.2 Å². The van der Waals surface area contributed by atoms with E-state index in [2.05, 4.69) is 10.3 Å². The number of hydrogen-bond acceptors (Lipinski definition) is 3. The molecule has 0 aliphatic rings. The normalized spacial score (nSPS) is 10.4. The van der Waals surface area contributed by atoms with E-state index < -0.39 is 0 Å². The molecule has 0 fully saturated rings. The maximum Gasteiger partial charge on any atom is 0.229 e. The molecule has 5 heteroatoms. The van der Waals surface area contributed by atoms with Crippen molar-refractivity contribution < 1.29 is 9.59 Å². The Morgan fingerprint density at radius 2 is 2.06 bits per heavy atom. The van der Waals surface area contributed by atoms with E-state index in [0.717, 1.165) is 5.52 Å². The van der Waals surface area contributed by atoms with Crippen molar-refractivity contribution in [3.8, 4) is 0 Å². The van der Waals surface area contributed by atoms with Crippen LogP contribution in [0.1, 0.15) is 18.6 Å². The molecule has 5 nitrogen and oxygen atoms in total. The van der Waals surface area contributed by atoms with Crippen LogP contribution >= 0.6 is 0 Å². The van der Waals surface area contributed by atoms with Gasteiger partial charge in [0.2, 0.25) is 11.8 Å². The van der Waals surface area contributed by atoms with E-state index in [1.54, 1.807) is 18.2 Å². The van der Waals surface area contributed by atoms with E-state index in [9.17, 15) is 9.59 Å². The van der Waals surface area contributed by atoms with E-state index in [1.165, 1.54) is 24.7 Å². The lowest BCUT2D eigenvalue weighted by atomic mass is 10.2. The van der Waals surface area contributed by atoms with Crippen molar-refractivity contribution in [2.45, 2.75) is 13.8 Å². The Labute approximate surface area is 92.1 Å². The Morgan fingerprint density at radius 3 is 2.69 bits per heavy atom. The molecule has 0 bridgehead atoms. The van der Waals surface area contributed by atoms with Crippen molar-refractivity contribution in [1.29, 1.82) is 0 Å². The highest BCUT2D eigenvalue weighted by molar-refractivity contribution is 5.94. The third-order valence-electron chi connectivity index (χ3n) is 2.21. The number of imidazole rings is 1. The van der Waals surface area contributed by atoms with Crippen LogP contribution in [0.15, 0.2) is 24.5 Å². The summed E-state index contributed by atoms with van der Waals surface area (Å²) in [6.45, 7) is 2.92. The summed E-state index contributed by atoms with van der Waals surface area (Å²) in [6.07, 6.45) is 1.48. The zero-order valence-corrected chi connectivity index (χ0v) is 9.02. The lowest BCUT2D eigenvalue weighted by Gasteiger charge is -2.02. The van der Waals surface area contributed by atoms with Gasteiger partial charge in [-0.05, 0) is 18.2 Å². The topological polar surface area (TPSA) is 64.0 Å². The van der Waals surface area contributed by atoms with Crippen molar-refractivity contribution in [2.75, 3.05) is 5.32 Å². The highest BCUT2D eigenvalue weighted by Crippen LogP contribution is 2.17. The van der Waals surface area contributed by atoms with Gasteiger partial charge in [0.05, 0.1) is 11.0 Å². The maximum atomic E-state index is 11.2. The SMILES string of the molecule is CC(=O)Nc1ccc2c(c1)ncn2C(C)=O. The second kappa shape index (κ2) is 3.77. The molecule has 1 amide bonds. The molecule has 1 aromatic heterocycles. The number of hydrogen-bond donors (Lipinski definition) is 1. The van der Waals surface area contributed by atoms with Crippen molar-refractivity contribution in [3.05, 3.63) is 24.5 Å². The van der Waals surface area contributed by atoms with Gasteiger partial charge < -0.3 is 5.32 Å². The van der Waals surface area contributed by atoms with E-state index in [-0.39, 0.29) is 11.8 Å². The van der Waals surface area contributed by atoms with Crippen molar-refractivity contribution in [1.82, 2.24) is 9.55 Å². The minimum atomic E-state index is -0.134. The molecule has 0 saturated carbocycles. The monoisotopic (exact) mass is 217 g/mol. The number of carbonyl (C=O) groups excluding carboxylic acids is 2. The molecule has 0 atom stereocenters. The Kier molecular flexibility index (Phi) is 2.44. The second-order valence-corrected chi connectivity index (χ2v) is 3.52. The number of nitrogens with one attached hydrogen (secondary N) is 1. The van der Waals surface area contributed by atoms with Crippen molar-refractivity contribution in [2.24, 2.45) is 0 Å². The van der Waals surface area contributed by atoms with Crippen LogP contribution < -0.4 is 5.32 Å². The Hall–Kier alpha value is -2.17. The molecule has 1 heterocycles.